The van der Waals surface area contributed by atoms with Gasteiger partial charge in [-0.25, -0.2) is 9.50 Å². The zero-order chi connectivity index (χ0) is 17.9. The molecular weight excluding hydrogens is 348 g/mol. The van der Waals surface area contributed by atoms with Crippen LogP contribution in [-0.4, -0.2) is 26.7 Å². The molecular formula is C19H23ClN6. The second-order valence-electron chi connectivity index (χ2n) is 6.84. The summed E-state index contributed by atoms with van der Waals surface area (Å²) in [6.07, 6.45) is 7.88. The Morgan fingerprint density at radius 1 is 1.19 bits per heavy atom. The standard InChI is InChI=1S/C19H23ClN6/c20-16-4-2-1-3-13(16)12-23-17-11-18(25-26-10-9-22-19(17)26)24-15-7-5-14(21)6-8-15/h1-4,9-11,14-15,23H,5-8,12,21H2,(H,24,25)/t14-,15-. The number of nitrogens with one attached hydrogen (secondary N) is 2. The van der Waals surface area contributed by atoms with E-state index in [1.807, 2.05) is 36.5 Å². The number of aromatic nitrogens is 3. The highest BCUT2D eigenvalue weighted by atomic mass is 35.5. The van der Waals surface area contributed by atoms with Crippen molar-refractivity contribution in [3.05, 3.63) is 53.3 Å². The van der Waals surface area contributed by atoms with E-state index < -0.39 is 0 Å². The van der Waals surface area contributed by atoms with E-state index >= 15 is 0 Å². The fraction of sp³-hybridized carbons (Fsp3) is 0.368. The van der Waals surface area contributed by atoms with Crippen molar-refractivity contribution in [2.24, 2.45) is 5.73 Å². The Balaban J connectivity index is 1.54. The molecule has 1 aliphatic rings. The quantitative estimate of drug-likeness (QED) is 0.638. The Morgan fingerprint density at radius 2 is 2.00 bits per heavy atom. The zero-order valence-corrected chi connectivity index (χ0v) is 15.3. The fourth-order valence-corrected chi connectivity index (χ4v) is 3.62. The molecule has 1 aliphatic carbocycles. The summed E-state index contributed by atoms with van der Waals surface area (Å²) in [5.41, 5.74) is 8.78. The molecule has 2 heterocycles. The molecule has 0 saturated heterocycles. The third-order valence-corrected chi connectivity index (χ3v) is 5.28. The third kappa shape index (κ3) is 3.76. The zero-order valence-electron chi connectivity index (χ0n) is 14.5. The predicted molar refractivity (Wildman–Crippen MR) is 106 cm³/mol. The van der Waals surface area contributed by atoms with Crippen LogP contribution in [0.1, 0.15) is 31.2 Å². The lowest BCUT2D eigenvalue weighted by Gasteiger charge is -2.27. The molecule has 3 aromatic rings. The number of nitrogens with two attached hydrogens (primary N) is 1. The van der Waals surface area contributed by atoms with Gasteiger partial charge in [-0.15, -0.1) is 5.10 Å². The molecule has 0 atom stereocenters. The highest BCUT2D eigenvalue weighted by Crippen LogP contribution is 2.24. The van der Waals surface area contributed by atoms with Crippen LogP contribution >= 0.6 is 11.6 Å². The fourth-order valence-electron chi connectivity index (χ4n) is 3.42. The molecule has 0 unspecified atom stereocenters. The van der Waals surface area contributed by atoms with Crippen LogP contribution in [-0.2, 0) is 6.54 Å². The first kappa shape index (κ1) is 17.1. The van der Waals surface area contributed by atoms with Gasteiger partial charge in [0.2, 0.25) is 0 Å². The maximum absolute atomic E-state index is 6.26. The van der Waals surface area contributed by atoms with Crippen LogP contribution in [0.4, 0.5) is 11.5 Å². The molecule has 0 aliphatic heterocycles. The van der Waals surface area contributed by atoms with Crippen molar-refractivity contribution in [3.8, 4) is 0 Å². The summed E-state index contributed by atoms with van der Waals surface area (Å²) in [5, 5.41) is 12.4. The van der Waals surface area contributed by atoms with Gasteiger partial charge in [0.15, 0.2) is 5.65 Å². The number of benzene rings is 1. The number of anilines is 2. The SMILES string of the molecule is N[C@H]1CC[C@H](Nc2cc(NCc3ccccc3Cl)c3nccn3n2)CC1. The molecule has 136 valence electrons. The molecule has 0 spiro atoms. The molecule has 0 radical (unpaired) electrons. The molecule has 1 saturated carbocycles. The maximum atomic E-state index is 6.26. The molecule has 4 rings (SSSR count). The second-order valence-corrected chi connectivity index (χ2v) is 7.25. The van der Waals surface area contributed by atoms with Crippen molar-refractivity contribution in [3.63, 3.8) is 0 Å². The average molecular weight is 371 g/mol. The smallest absolute Gasteiger partial charge is 0.177 e. The van der Waals surface area contributed by atoms with Crippen LogP contribution in [0.5, 0.6) is 0 Å². The number of hydrogen-bond donors (Lipinski definition) is 3. The summed E-state index contributed by atoms with van der Waals surface area (Å²) < 4.78 is 1.80. The number of fused-ring (bicyclic) bond motifs is 1. The minimum absolute atomic E-state index is 0.338. The van der Waals surface area contributed by atoms with Crippen LogP contribution in [0, 0.1) is 0 Å². The van der Waals surface area contributed by atoms with Gasteiger partial charge >= 0.3 is 0 Å². The van der Waals surface area contributed by atoms with Crippen molar-refractivity contribution >= 4 is 28.8 Å². The highest BCUT2D eigenvalue weighted by molar-refractivity contribution is 6.31. The van der Waals surface area contributed by atoms with Crippen molar-refractivity contribution < 1.29 is 0 Å². The first-order valence-corrected chi connectivity index (χ1v) is 9.40. The maximum Gasteiger partial charge on any atom is 0.177 e. The van der Waals surface area contributed by atoms with E-state index in [9.17, 15) is 0 Å². The van der Waals surface area contributed by atoms with Gasteiger partial charge in [-0.3, -0.25) is 0 Å². The molecule has 1 aromatic carbocycles. The lowest BCUT2D eigenvalue weighted by atomic mass is 9.92. The van der Waals surface area contributed by atoms with Crippen molar-refractivity contribution in [1.29, 1.82) is 0 Å². The molecule has 4 N–H and O–H groups in total. The van der Waals surface area contributed by atoms with Gasteiger partial charge in [0.05, 0.1) is 5.69 Å². The minimum Gasteiger partial charge on any atom is -0.378 e. The van der Waals surface area contributed by atoms with Crippen molar-refractivity contribution in [1.82, 2.24) is 14.6 Å². The van der Waals surface area contributed by atoms with Crippen molar-refractivity contribution in [2.45, 2.75) is 44.3 Å². The lowest BCUT2D eigenvalue weighted by molar-refractivity contribution is 0.410. The molecule has 1 fully saturated rings. The van der Waals surface area contributed by atoms with E-state index in [1.54, 1.807) is 10.7 Å². The molecule has 6 nitrogen and oxygen atoms in total. The highest BCUT2D eigenvalue weighted by Gasteiger charge is 2.19. The van der Waals surface area contributed by atoms with Gasteiger partial charge < -0.3 is 16.4 Å². The summed E-state index contributed by atoms with van der Waals surface area (Å²) in [7, 11) is 0. The number of nitrogens with zero attached hydrogens (tertiary/aromatic N) is 3. The van der Waals surface area contributed by atoms with Gasteiger partial charge in [-0.1, -0.05) is 29.8 Å². The Morgan fingerprint density at radius 3 is 2.81 bits per heavy atom. The predicted octanol–water partition coefficient (Wildman–Crippen LogP) is 3.68. The number of hydrogen-bond acceptors (Lipinski definition) is 5. The summed E-state index contributed by atoms with van der Waals surface area (Å²) >= 11 is 6.26. The van der Waals surface area contributed by atoms with Crippen LogP contribution in [0.2, 0.25) is 5.02 Å². The minimum atomic E-state index is 0.338. The Kier molecular flexibility index (Phi) is 4.95. The normalized spacial score (nSPS) is 20.2. The average Bonchev–Trinajstić information content (AvgIpc) is 3.11. The lowest BCUT2D eigenvalue weighted by Crippen LogP contribution is -2.33. The van der Waals surface area contributed by atoms with Crippen LogP contribution in [0.15, 0.2) is 42.7 Å². The van der Waals surface area contributed by atoms with E-state index in [2.05, 4.69) is 20.7 Å². The van der Waals surface area contributed by atoms with Gasteiger partial charge in [0.25, 0.3) is 0 Å². The van der Waals surface area contributed by atoms with Crippen molar-refractivity contribution in [2.75, 3.05) is 10.6 Å². The summed E-state index contributed by atoms with van der Waals surface area (Å²) in [4.78, 5) is 4.41. The third-order valence-electron chi connectivity index (χ3n) is 4.91. The first-order valence-electron chi connectivity index (χ1n) is 9.03. The van der Waals surface area contributed by atoms with Gasteiger partial charge in [0.1, 0.15) is 5.82 Å². The second kappa shape index (κ2) is 7.51. The molecule has 2 aromatic heterocycles. The largest absolute Gasteiger partial charge is 0.378 e. The Bertz CT molecular complexity index is 885. The summed E-state index contributed by atoms with van der Waals surface area (Å²) in [5.74, 6) is 0.845. The van der Waals surface area contributed by atoms with E-state index in [4.69, 9.17) is 17.3 Å². The van der Waals surface area contributed by atoms with E-state index in [0.717, 1.165) is 53.4 Å². The summed E-state index contributed by atoms with van der Waals surface area (Å²) in [6, 6.07) is 10.6. The topological polar surface area (TPSA) is 80.3 Å². The van der Waals surface area contributed by atoms with E-state index in [-0.39, 0.29) is 0 Å². The van der Waals surface area contributed by atoms with E-state index in [1.165, 1.54) is 0 Å². The molecule has 0 bridgehead atoms. The first-order chi connectivity index (χ1) is 12.7. The van der Waals surface area contributed by atoms with Crippen LogP contribution in [0.25, 0.3) is 5.65 Å². The Hall–Kier alpha value is -2.31. The number of halogens is 1. The Labute approximate surface area is 157 Å². The van der Waals surface area contributed by atoms with Gasteiger partial charge in [-0.2, -0.15) is 0 Å². The number of imidazole rings is 1. The summed E-state index contributed by atoms with van der Waals surface area (Å²) in [6.45, 7) is 0.629. The molecule has 7 heteroatoms. The monoisotopic (exact) mass is 370 g/mol. The molecule has 26 heavy (non-hydrogen) atoms. The number of rotatable bonds is 5. The molecule has 0 amide bonds. The van der Waals surface area contributed by atoms with Crippen LogP contribution < -0.4 is 16.4 Å². The van der Waals surface area contributed by atoms with E-state index in [0.29, 0.717) is 18.6 Å². The van der Waals surface area contributed by atoms with Gasteiger partial charge in [-0.05, 0) is 37.3 Å². The van der Waals surface area contributed by atoms with Crippen LogP contribution in [0.3, 0.4) is 0 Å². The van der Waals surface area contributed by atoms with Gasteiger partial charge in [0, 0.05) is 42.1 Å².